The van der Waals surface area contributed by atoms with Crippen LogP contribution in [0.2, 0.25) is 0 Å². The molecule has 0 aromatic heterocycles. The minimum atomic E-state index is -0.482. The first-order chi connectivity index (χ1) is 7.04. The molecule has 0 aliphatic rings. The van der Waals surface area contributed by atoms with E-state index in [4.69, 9.17) is 4.74 Å². The fourth-order valence-electron chi connectivity index (χ4n) is 1.40. The maximum Gasteiger partial charge on any atom is 0.125 e. The van der Waals surface area contributed by atoms with Crippen LogP contribution in [-0.2, 0) is 0 Å². The monoisotopic (exact) mass is 208 g/mol. The lowest BCUT2D eigenvalue weighted by molar-refractivity contribution is 0.176. The van der Waals surface area contributed by atoms with Gasteiger partial charge >= 0.3 is 0 Å². The van der Waals surface area contributed by atoms with Crippen molar-refractivity contribution < 1.29 is 9.84 Å². The molecule has 1 N–H and O–H groups in total. The average Bonchev–Trinajstić information content (AvgIpc) is 2.20. The molecule has 0 spiro atoms. The van der Waals surface area contributed by atoms with E-state index in [1.165, 1.54) is 0 Å². The van der Waals surface area contributed by atoms with Gasteiger partial charge in [0.05, 0.1) is 12.2 Å². The topological polar surface area (TPSA) is 29.5 Å². The summed E-state index contributed by atoms with van der Waals surface area (Å²) in [6.45, 7) is 7.89. The number of benzene rings is 1. The van der Waals surface area contributed by atoms with E-state index in [0.717, 1.165) is 23.3 Å². The van der Waals surface area contributed by atoms with Gasteiger partial charge in [0.25, 0.3) is 0 Å². The molecule has 2 atom stereocenters. The van der Waals surface area contributed by atoms with Crippen molar-refractivity contribution in [3.05, 3.63) is 29.3 Å². The predicted molar refractivity (Wildman–Crippen MR) is 62.2 cm³/mol. The molecule has 15 heavy (non-hydrogen) atoms. The van der Waals surface area contributed by atoms with E-state index in [1.807, 2.05) is 32.0 Å². The molecular formula is C13H20O2. The second-order valence-electron chi connectivity index (χ2n) is 4.05. The van der Waals surface area contributed by atoms with Crippen molar-refractivity contribution in [3.8, 4) is 5.75 Å². The van der Waals surface area contributed by atoms with Gasteiger partial charge in [-0.2, -0.15) is 0 Å². The van der Waals surface area contributed by atoms with Gasteiger partial charge in [0.1, 0.15) is 5.75 Å². The Hall–Kier alpha value is -1.02. The van der Waals surface area contributed by atoms with Crippen molar-refractivity contribution in [2.24, 2.45) is 0 Å². The molecule has 2 nitrogen and oxygen atoms in total. The second-order valence-corrected chi connectivity index (χ2v) is 4.05. The van der Waals surface area contributed by atoms with Gasteiger partial charge in [-0.15, -0.1) is 0 Å². The van der Waals surface area contributed by atoms with Gasteiger partial charge in [0, 0.05) is 5.56 Å². The Morgan fingerprint density at radius 3 is 2.53 bits per heavy atom. The highest BCUT2D eigenvalue weighted by molar-refractivity contribution is 5.38. The summed E-state index contributed by atoms with van der Waals surface area (Å²) in [5, 5.41) is 9.63. The molecule has 1 aromatic carbocycles. The van der Waals surface area contributed by atoms with Gasteiger partial charge in [0.15, 0.2) is 0 Å². The summed E-state index contributed by atoms with van der Waals surface area (Å²) in [5.74, 6) is 0.796. The van der Waals surface area contributed by atoms with E-state index in [2.05, 4.69) is 6.92 Å². The molecule has 0 saturated heterocycles. The molecule has 0 aliphatic heterocycles. The first-order valence-corrected chi connectivity index (χ1v) is 5.49. The maximum atomic E-state index is 9.63. The molecule has 0 heterocycles. The van der Waals surface area contributed by atoms with Crippen molar-refractivity contribution in [1.82, 2.24) is 0 Å². The fourth-order valence-corrected chi connectivity index (χ4v) is 1.40. The summed E-state index contributed by atoms with van der Waals surface area (Å²) >= 11 is 0. The molecule has 1 rings (SSSR count). The number of aliphatic hydroxyl groups is 1. The zero-order valence-corrected chi connectivity index (χ0v) is 9.95. The number of hydrogen-bond donors (Lipinski definition) is 1. The van der Waals surface area contributed by atoms with Crippen LogP contribution in [0.1, 0.15) is 44.4 Å². The molecular weight excluding hydrogens is 188 g/mol. The van der Waals surface area contributed by atoms with Crippen LogP contribution in [0, 0.1) is 6.92 Å². The SMILES string of the molecule is CCC(C)Oc1ccc(C)cc1[C@H](C)O. The van der Waals surface area contributed by atoms with Crippen molar-refractivity contribution in [2.45, 2.75) is 46.3 Å². The predicted octanol–water partition coefficient (Wildman–Crippen LogP) is 3.23. The smallest absolute Gasteiger partial charge is 0.125 e. The van der Waals surface area contributed by atoms with Crippen molar-refractivity contribution in [2.75, 3.05) is 0 Å². The Kier molecular flexibility index (Phi) is 4.15. The summed E-state index contributed by atoms with van der Waals surface area (Å²) < 4.78 is 5.75. The van der Waals surface area contributed by atoms with E-state index in [0.29, 0.717) is 0 Å². The molecule has 1 aromatic rings. The zero-order chi connectivity index (χ0) is 11.4. The molecule has 0 saturated carbocycles. The van der Waals surface area contributed by atoms with Crippen molar-refractivity contribution in [1.29, 1.82) is 0 Å². The number of hydrogen-bond acceptors (Lipinski definition) is 2. The summed E-state index contributed by atoms with van der Waals surface area (Å²) in [7, 11) is 0. The maximum absolute atomic E-state index is 9.63. The van der Waals surface area contributed by atoms with E-state index in [9.17, 15) is 5.11 Å². The molecule has 0 bridgehead atoms. The normalized spacial score (nSPS) is 14.7. The van der Waals surface area contributed by atoms with Crippen molar-refractivity contribution >= 4 is 0 Å². The Morgan fingerprint density at radius 1 is 1.33 bits per heavy atom. The molecule has 84 valence electrons. The van der Waals surface area contributed by atoms with Crippen LogP contribution in [0.4, 0.5) is 0 Å². The highest BCUT2D eigenvalue weighted by Crippen LogP contribution is 2.27. The van der Waals surface area contributed by atoms with E-state index in [-0.39, 0.29) is 6.10 Å². The zero-order valence-electron chi connectivity index (χ0n) is 9.95. The summed E-state index contributed by atoms with van der Waals surface area (Å²) in [5.41, 5.74) is 2.01. The number of ether oxygens (including phenoxy) is 1. The Balaban J connectivity index is 2.95. The van der Waals surface area contributed by atoms with Gasteiger partial charge in [0.2, 0.25) is 0 Å². The Morgan fingerprint density at radius 2 is 2.00 bits per heavy atom. The number of aryl methyl sites for hydroxylation is 1. The molecule has 0 radical (unpaired) electrons. The van der Waals surface area contributed by atoms with Gasteiger partial charge < -0.3 is 9.84 Å². The van der Waals surface area contributed by atoms with E-state index >= 15 is 0 Å². The summed E-state index contributed by atoms with van der Waals surface area (Å²) in [4.78, 5) is 0. The largest absolute Gasteiger partial charge is 0.490 e. The van der Waals surface area contributed by atoms with Crippen LogP contribution < -0.4 is 4.74 Å². The van der Waals surface area contributed by atoms with Gasteiger partial charge in [-0.3, -0.25) is 0 Å². The van der Waals surface area contributed by atoms with E-state index in [1.54, 1.807) is 6.92 Å². The molecule has 2 heteroatoms. The quantitative estimate of drug-likeness (QED) is 0.823. The first kappa shape index (κ1) is 12.1. The number of aliphatic hydroxyl groups excluding tert-OH is 1. The number of rotatable bonds is 4. The molecule has 0 fully saturated rings. The van der Waals surface area contributed by atoms with Crippen LogP contribution in [-0.4, -0.2) is 11.2 Å². The molecule has 0 amide bonds. The minimum Gasteiger partial charge on any atom is -0.490 e. The van der Waals surface area contributed by atoms with Crippen molar-refractivity contribution in [3.63, 3.8) is 0 Å². The van der Waals surface area contributed by atoms with Gasteiger partial charge in [-0.1, -0.05) is 18.6 Å². The highest BCUT2D eigenvalue weighted by Gasteiger charge is 2.11. The Labute approximate surface area is 91.9 Å². The third-order valence-electron chi connectivity index (χ3n) is 2.52. The third-order valence-corrected chi connectivity index (χ3v) is 2.52. The molecule has 1 unspecified atom stereocenters. The average molecular weight is 208 g/mol. The Bertz CT molecular complexity index is 318. The van der Waals surface area contributed by atoms with Gasteiger partial charge in [-0.25, -0.2) is 0 Å². The molecule has 0 aliphatic carbocycles. The highest BCUT2D eigenvalue weighted by atomic mass is 16.5. The third kappa shape index (κ3) is 3.24. The van der Waals surface area contributed by atoms with Crippen LogP contribution in [0.25, 0.3) is 0 Å². The lowest BCUT2D eigenvalue weighted by Gasteiger charge is -2.18. The van der Waals surface area contributed by atoms with Crippen LogP contribution in [0.15, 0.2) is 18.2 Å². The van der Waals surface area contributed by atoms with Crippen LogP contribution in [0.3, 0.4) is 0 Å². The van der Waals surface area contributed by atoms with Crippen LogP contribution >= 0.6 is 0 Å². The second kappa shape index (κ2) is 5.17. The van der Waals surface area contributed by atoms with Gasteiger partial charge in [-0.05, 0) is 39.3 Å². The fraction of sp³-hybridized carbons (Fsp3) is 0.538. The lowest BCUT2D eigenvalue weighted by atomic mass is 10.1. The lowest BCUT2D eigenvalue weighted by Crippen LogP contribution is -2.11. The summed E-state index contributed by atoms with van der Waals surface area (Å²) in [6, 6.07) is 5.91. The van der Waals surface area contributed by atoms with E-state index < -0.39 is 6.10 Å². The summed E-state index contributed by atoms with van der Waals surface area (Å²) in [6.07, 6.45) is 0.668. The minimum absolute atomic E-state index is 0.185. The van der Waals surface area contributed by atoms with Crippen LogP contribution in [0.5, 0.6) is 5.75 Å². The first-order valence-electron chi connectivity index (χ1n) is 5.49. The standard InChI is InChI=1S/C13H20O2/c1-5-10(3)15-13-7-6-9(2)8-12(13)11(4)14/h6-8,10-11,14H,5H2,1-4H3/t10?,11-/m0/s1.